The van der Waals surface area contributed by atoms with E-state index in [1.807, 2.05) is 6.07 Å². The van der Waals surface area contributed by atoms with Crippen LogP contribution in [-0.4, -0.2) is 23.9 Å². The Morgan fingerprint density at radius 2 is 2.14 bits per heavy atom. The fourth-order valence-corrected chi connectivity index (χ4v) is 4.36. The number of hydrogen-bond acceptors (Lipinski definition) is 2. The van der Waals surface area contributed by atoms with Crippen molar-refractivity contribution >= 4 is 21.8 Å². The summed E-state index contributed by atoms with van der Waals surface area (Å²) < 4.78 is 1.08. The molecule has 0 radical (unpaired) electrons. The molecule has 4 heteroatoms. The molecule has 3 rings (SSSR count). The third-order valence-corrected chi connectivity index (χ3v) is 5.54. The zero-order valence-electron chi connectivity index (χ0n) is 12.3. The molecule has 1 aliphatic heterocycles. The Morgan fingerprint density at radius 1 is 1.29 bits per heavy atom. The molecule has 1 aromatic carbocycles. The van der Waals surface area contributed by atoms with Gasteiger partial charge in [0.05, 0.1) is 6.04 Å². The van der Waals surface area contributed by atoms with Crippen molar-refractivity contribution in [1.82, 2.24) is 4.90 Å². The molecule has 2 fully saturated rings. The van der Waals surface area contributed by atoms with Crippen LogP contribution in [0, 0.1) is 11.8 Å². The monoisotopic (exact) mass is 350 g/mol. The van der Waals surface area contributed by atoms with E-state index in [1.165, 1.54) is 5.56 Å². The average Bonchev–Trinajstić information content (AvgIpc) is 3.15. The second-order valence-corrected chi connectivity index (χ2v) is 7.19. The summed E-state index contributed by atoms with van der Waals surface area (Å²) in [4.78, 5) is 15.1. The first-order valence-corrected chi connectivity index (χ1v) is 8.76. The SMILES string of the molecule is NCC1CCCC1C(=O)N1CCCC1c1cccc(Br)c1. The van der Waals surface area contributed by atoms with Crippen LogP contribution in [0.3, 0.4) is 0 Å². The lowest BCUT2D eigenvalue weighted by Gasteiger charge is -2.30. The zero-order chi connectivity index (χ0) is 14.8. The molecule has 21 heavy (non-hydrogen) atoms. The van der Waals surface area contributed by atoms with Crippen molar-refractivity contribution in [2.45, 2.75) is 38.1 Å². The molecule has 1 heterocycles. The molecule has 1 saturated carbocycles. The summed E-state index contributed by atoms with van der Waals surface area (Å²) in [6.07, 6.45) is 5.45. The molecule has 3 unspecified atom stereocenters. The summed E-state index contributed by atoms with van der Waals surface area (Å²) >= 11 is 3.53. The lowest BCUT2D eigenvalue weighted by Crippen LogP contribution is -2.38. The van der Waals surface area contributed by atoms with Gasteiger partial charge in [0.25, 0.3) is 0 Å². The quantitative estimate of drug-likeness (QED) is 0.906. The molecule has 1 saturated heterocycles. The van der Waals surface area contributed by atoms with Crippen molar-refractivity contribution in [3.63, 3.8) is 0 Å². The van der Waals surface area contributed by atoms with Crippen LogP contribution in [0.1, 0.15) is 43.7 Å². The normalized spacial score (nSPS) is 29.0. The fourth-order valence-electron chi connectivity index (χ4n) is 3.95. The molecule has 3 nitrogen and oxygen atoms in total. The van der Waals surface area contributed by atoms with Gasteiger partial charge in [-0.15, -0.1) is 0 Å². The number of rotatable bonds is 3. The molecule has 2 N–H and O–H groups in total. The zero-order valence-corrected chi connectivity index (χ0v) is 13.9. The number of benzene rings is 1. The topological polar surface area (TPSA) is 46.3 Å². The van der Waals surface area contributed by atoms with Crippen molar-refractivity contribution in [1.29, 1.82) is 0 Å². The van der Waals surface area contributed by atoms with Gasteiger partial charge in [0.1, 0.15) is 0 Å². The van der Waals surface area contributed by atoms with E-state index >= 15 is 0 Å². The number of halogens is 1. The number of nitrogens with two attached hydrogens (primary N) is 1. The highest BCUT2D eigenvalue weighted by Gasteiger charge is 2.39. The number of likely N-dealkylation sites (tertiary alicyclic amines) is 1. The first-order chi connectivity index (χ1) is 10.2. The number of carbonyl (C=O) groups excluding carboxylic acids is 1. The van der Waals surface area contributed by atoms with Crippen LogP contribution in [0.4, 0.5) is 0 Å². The van der Waals surface area contributed by atoms with Gasteiger partial charge in [0.15, 0.2) is 0 Å². The highest BCUT2D eigenvalue weighted by molar-refractivity contribution is 9.10. The number of carbonyl (C=O) groups is 1. The second kappa shape index (κ2) is 6.49. The van der Waals surface area contributed by atoms with Gasteiger partial charge in [0, 0.05) is 16.9 Å². The van der Waals surface area contributed by atoms with Gasteiger partial charge in [-0.25, -0.2) is 0 Å². The van der Waals surface area contributed by atoms with E-state index in [2.05, 4.69) is 39.0 Å². The first-order valence-electron chi connectivity index (χ1n) is 7.96. The fraction of sp³-hybridized carbons (Fsp3) is 0.588. The van der Waals surface area contributed by atoms with Crippen LogP contribution in [0.25, 0.3) is 0 Å². The molecular formula is C17H23BrN2O. The summed E-state index contributed by atoms with van der Waals surface area (Å²) in [5.41, 5.74) is 7.10. The molecule has 1 amide bonds. The molecule has 1 aromatic rings. The summed E-state index contributed by atoms with van der Waals surface area (Å²) in [7, 11) is 0. The van der Waals surface area contributed by atoms with Crippen LogP contribution in [0.15, 0.2) is 28.7 Å². The highest BCUT2D eigenvalue weighted by Crippen LogP contribution is 2.38. The van der Waals surface area contributed by atoms with Gasteiger partial charge in [-0.3, -0.25) is 4.79 Å². The van der Waals surface area contributed by atoms with E-state index in [4.69, 9.17) is 5.73 Å². The molecule has 1 aliphatic carbocycles. The minimum Gasteiger partial charge on any atom is -0.335 e. The van der Waals surface area contributed by atoms with Crippen molar-refractivity contribution < 1.29 is 4.79 Å². The summed E-state index contributed by atoms with van der Waals surface area (Å²) in [5.74, 6) is 0.884. The average molecular weight is 351 g/mol. The van der Waals surface area contributed by atoms with Crippen LogP contribution < -0.4 is 5.73 Å². The molecule has 0 aromatic heterocycles. The van der Waals surface area contributed by atoms with Gasteiger partial charge in [-0.05, 0) is 55.8 Å². The Bertz CT molecular complexity index is 519. The van der Waals surface area contributed by atoms with Gasteiger partial charge in [0.2, 0.25) is 5.91 Å². The lowest BCUT2D eigenvalue weighted by atomic mass is 9.94. The lowest BCUT2D eigenvalue weighted by molar-refractivity contribution is -0.137. The Hall–Kier alpha value is -0.870. The maximum atomic E-state index is 12.9. The van der Waals surface area contributed by atoms with E-state index in [1.54, 1.807) is 0 Å². The molecular weight excluding hydrogens is 328 g/mol. The van der Waals surface area contributed by atoms with E-state index in [9.17, 15) is 4.79 Å². The molecule has 2 aliphatic rings. The predicted octanol–water partition coefficient (Wildman–Crippen LogP) is 3.49. The van der Waals surface area contributed by atoms with Crippen molar-refractivity contribution in [3.05, 3.63) is 34.3 Å². The second-order valence-electron chi connectivity index (χ2n) is 6.28. The standard InChI is InChI=1S/C17H23BrN2O/c18-14-6-1-4-12(10-14)16-8-3-9-20(16)17(21)15-7-2-5-13(15)11-19/h1,4,6,10,13,15-16H,2-3,5,7-9,11,19H2. The van der Waals surface area contributed by atoms with E-state index in [0.717, 1.165) is 43.1 Å². The largest absolute Gasteiger partial charge is 0.335 e. The number of nitrogens with zero attached hydrogens (tertiary/aromatic N) is 1. The molecule has 3 atom stereocenters. The summed E-state index contributed by atoms with van der Waals surface area (Å²) in [6, 6.07) is 8.61. The summed E-state index contributed by atoms with van der Waals surface area (Å²) in [5, 5.41) is 0. The van der Waals surface area contributed by atoms with E-state index in [-0.39, 0.29) is 12.0 Å². The minimum absolute atomic E-state index is 0.155. The van der Waals surface area contributed by atoms with Gasteiger partial charge >= 0.3 is 0 Å². The van der Waals surface area contributed by atoms with Crippen LogP contribution in [0.5, 0.6) is 0 Å². The maximum absolute atomic E-state index is 12.9. The van der Waals surface area contributed by atoms with Crippen molar-refractivity contribution in [3.8, 4) is 0 Å². The Labute approximate surface area is 135 Å². The van der Waals surface area contributed by atoms with Gasteiger partial charge in [-0.2, -0.15) is 0 Å². The van der Waals surface area contributed by atoms with Crippen LogP contribution >= 0.6 is 15.9 Å². The Balaban J connectivity index is 1.79. The van der Waals surface area contributed by atoms with Gasteiger partial charge < -0.3 is 10.6 Å². The van der Waals surface area contributed by atoms with Crippen molar-refractivity contribution in [2.24, 2.45) is 17.6 Å². The third-order valence-electron chi connectivity index (χ3n) is 5.05. The Kier molecular flexibility index (Phi) is 4.65. The van der Waals surface area contributed by atoms with Crippen molar-refractivity contribution in [2.75, 3.05) is 13.1 Å². The van der Waals surface area contributed by atoms with E-state index in [0.29, 0.717) is 18.4 Å². The maximum Gasteiger partial charge on any atom is 0.226 e. The highest BCUT2D eigenvalue weighted by atomic mass is 79.9. The minimum atomic E-state index is 0.155. The van der Waals surface area contributed by atoms with E-state index < -0.39 is 0 Å². The number of hydrogen-bond donors (Lipinski definition) is 1. The predicted molar refractivity (Wildman–Crippen MR) is 87.7 cm³/mol. The smallest absolute Gasteiger partial charge is 0.226 e. The van der Waals surface area contributed by atoms with Crippen LogP contribution in [-0.2, 0) is 4.79 Å². The number of amides is 1. The Morgan fingerprint density at radius 3 is 2.90 bits per heavy atom. The third kappa shape index (κ3) is 3.02. The molecule has 0 bridgehead atoms. The first kappa shape index (κ1) is 15.0. The molecule has 0 spiro atoms. The molecule has 114 valence electrons. The summed E-state index contributed by atoms with van der Waals surface area (Å²) in [6.45, 7) is 1.54. The van der Waals surface area contributed by atoms with Crippen LogP contribution in [0.2, 0.25) is 0 Å². The van der Waals surface area contributed by atoms with Gasteiger partial charge in [-0.1, -0.05) is 34.5 Å².